The first-order valence-corrected chi connectivity index (χ1v) is 11.2. The van der Waals surface area contributed by atoms with Gasteiger partial charge in [-0.3, -0.25) is 4.79 Å². The standard InChI is InChI=1S/C20H22FN5O4S/c1-13-9-19-23-11-15(10-22-14(2)27)20(26(19)24-13)18-12-25(7-8-30-18)31(28,29)17-5-3-16(21)4-6-17/h3-6,9,11,18H,7-8,10,12H2,1-2H3,(H,22,27). The fourth-order valence-electron chi connectivity index (χ4n) is 3.57. The van der Waals surface area contributed by atoms with Crippen LogP contribution < -0.4 is 5.32 Å². The molecule has 0 spiro atoms. The summed E-state index contributed by atoms with van der Waals surface area (Å²) >= 11 is 0. The van der Waals surface area contributed by atoms with Gasteiger partial charge in [-0.25, -0.2) is 22.3 Å². The van der Waals surface area contributed by atoms with Crippen molar-refractivity contribution in [1.29, 1.82) is 0 Å². The summed E-state index contributed by atoms with van der Waals surface area (Å²) in [6.07, 6.45) is 1.01. The average Bonchev–Trinajstić information content (AvgIpc) is 3.12. The Morgan fingerprint density at radius 1 is 1.32 bits per heavy atom. The van der Waals surface area contributed by atoms with Gasteiger partial charge in [-0.05, 0) is 31.2 Å². The molecule has 1 aliphatic heterocycles. The van der Waals surface area contributed by atoms with Crippen LogP contribution in [-0.4, -0.2) is 52.9 Å². The predicted octanol–water partition coefficient (Wildman–Crippen LogP) is 1.58. The first-order chi connectivity index (χ1) is 14.8. The molecule has 0 aliphatic carbocycles. The van der Waals surface area contributed by atoms with E-state index in [1.54, 1.807) is 10.7 Å². The van der Waals surface area contributed by atoms with E-state index in [-0.39, 0.29) is 37.0 Å². The van der Waals surface area contributed by atoms with E-state index < -0.39 is 21.9 Å². The number of fused-ring (bicyclic) bond motifs is 1. The van der Waals surface area contributed by atoms with Crippen LogP contribution in [-0.2, 0) is 26.1 Å². The van der Waals surface area contributed by atoms with Gasteiger partial charge in [-0.15, -0.1) is 0 Å². The quantitative estimate of drug-likeness (QED) is 0.637. The van der Waals surface area contributed by atoms with E-state index in [1.807, 2.05) is 13.0 Å². The molecule has 0 radical (unpaired) electrons. The third-order valence-corrected chi connectivity index (χ3v) is 6.92. The lowest BCUT2D eigenvalue weighted by atomic mass is 10.1. The van der Waals surface area contributed by atoms with E-state index in [0.717, 1.165) is 17.8 Å². The van der Waals surface area contributed by atoms with Crippen molar-refractivity contribution in [1.82, 2.24) is 24.2 Å². The second kappa shape index (κ2) is 8.33. The molecule has 1 unspecified atom stereocenters. The van der Waals surface area contributed by atoms with E-state index in [9.17, 15) is 17.6 Å². The highest BCUT2D eigenvalue weighted by molar-refractivity contribution is 7.89. The lowest BCUT2D eigenvalue weighted by Crippen LogP contribution is -2.43. The summed E-state index contributed by atoms with van der Waals surface area (Å²) < 4.78 is 48.3. The molecule has 1 atom stereocenters. The highest BCUT2D eigenvalue weighted by Gasteiger charge is 2.34. The summed E-state index contributed by atoms with van der Waals surface area (Å²) in [7, 11) is -3.83. The molecule has 0 bridgehead atoms. The number of hydrogen-bond acceptors (Lipinski definition) is 6. The Bertz CT molecular complexity index is 1230. The van der Waals surface area contributed by atoms with Gasteiger partial charge in [0.05, 0.1) is 22.9 Å². The van der Waals surface area contributed by atoms with Gasteiger partial charge in [0.1, 0.15) is 11.9 Å². The number of ether oxygens (including phenoxy) is 1. The minimum atomic E-state index is -3.83. The lowest BCUT2D eigenvalue weighted by Gasteiger charge is -2.33. The van der Waals surface area contributed by atoms with Gasteiger partial charge in [0, 0.05) is 44.4 Å². The zero-order chi connectivity index (χ0) is 22.2. The maximum atomic E-state index is 13.3. The van der Waals surface area contributed by atoms with Gasteiger partial charge >= 0.3 is 0 Å². The Balaban J connectivity index is 1.71. The van der Waals surface area contributed by atoms with Crippen LogP contribution in [0.3, 0.4) is 0 Å². The highest BCUT2D eigenvalue weighted by Crippen LogP contribution is 2.29. The lowest BCUT2D eigenvalue weighted by molar-refractivity contribution is -0.119. The molecule has 1 saturated heterocycles. The number of benzene rings is 1. The van der Waals surface area contributed by atoms with Crippen LogP contribution in [0.2, 0.25) is 0 Å². The number of aryl methyl sites for hydroxylation is 1. The first-order valence-electron chi connectivity index (χ1n) is 9.71. The number of aromatic nitrogens is 3. The Kier molecular flexibility index (Phi) is 5.73. The Morgan fingerprint density at radius 3 is 2.77 bits per heavy atom. The van der Waals surface area contributed by atoms with Gasteiger partial charge in [-0.1, -0.05) is 0 Å². The summed E-state index contributed by atoms with van der Waals surface area (Å²) in [5, 5.41) is 7.23. The Hall–Kier alpha value is -2.89. The number of hydrogen-bond donors (Lipinski definition) is 1. The number of halogens is 1. The summed E-state index contributed by atoms with van der Waals surface area (Å²) in [4.78, 5) is 15.8. The molecular weight excluding hydrogens is 425 g/mol. The number of nitrogens with one attached hydrogen (secondary N) is 1. The van der Waals surface area contributed by atoms with Gasteiger partial charge in [0.2, 0.25) is 15.9 Å². The van der Waals surface area contributed by atoms with Crippen LogP contribution in [0.25, 0.3) is 5.65 Å². The summed E-state index contributed by atoms with van der Waals surface area (Å²) in [6, 6.07) is 6.55. The van der Waals surface area contributed by atoms with Crippen molar-refractivity contribution in [2.24, 2.45) is 0 Å². The molecule has 4 rings (SSSR count). The van der Waals surface area contributed by atoms with Crippen LogP contribution in [0.5, 0.6) is 0 Å². The number of carbonyl (C=O) groups is 1. The molecule has 1 aliphatic rings. The molecule has 3 heterocycles. The fourth-order valence-corrected chi connectivity index (χ4v) is 4.99. The topological polar surface area (TPSA) is 106 Å². The Morgan fingerprint density at radius 2 is 2.06 bits per heavy atom. The zero-order valence-corrected chi connectivity index (χ0v) is 17.9. The SMILES string of the molecule is CC(=O)NCc1cnc2cc(C)nn2c1C1CN(S(=O)(=O)c2ccc(F)cc2)CCO1. The van der Waals surface area contributed by atoms with Crippen LogP contribution in [0.15, 0.2) is 41.4 Å². The first kappa shape index (κ1) is 21.3. The molecule has 1 fully saturated rings. The number of carbonyl (C=O) groups excluding carboxylic acids is 1. The number of morpholine rings is 1. The number of nitrogens with zero attached hydrogens (tertiary/aromatic N) is 4. The van der Waals surface area contributed by atoms with E-state index in [2.05, 4.69) is 15.4 Å². The molecule has 11 heteroatoms. The average molecular weight is 447 g/mol. The van der Waals surface area contributed by atoms with Crippen molar-refractivity contribution < 1.29 is 22.3 Å². The van der Waals surface area contributed by atoms with Gasteiger partial charge < -0.3 is 10.1 Å². The summed E-state index contributed by atoms with van der Waals surface area (Å²) in [5.74, 6) is -0.706. The zero-order valence-electron chi connectivity index (χ0n) is 17.1. The van der Waals surface area contributed by atoms with Gasteiger partial charge in [0.25, 0.3) is 0 Å². The van der Waals surface area contributed by atoms with E-state index >= 15 is 0 Å². The minimum Gasteiger partial charge on any atom is -0.369 e. The smallest absolute Gasteiger partial charge is 0.243 e. The van der Waals surface area contributed by atoms with E-state index in [0.29, 0.717) is 16.9 Å². The predicted molar refractivity (Wildman–Crippen MR) is 109 cm³/mol. The molecule has 0 saturated carbocycles. The molecule has 1 aromatic carbocycles. The van der Waals surface area contributed by atoms with Crippen LogP contribution in [0, 0.1) is 12.7 Å². The maximum Gasteiger partial charge on any atom is 0.243 e. The molecule has 164 valence electrons. The van der Waals surface area contributed by atoms with Gasteiger partial charge in [0.15, 0.2) is 5.65 Å². The van der Waals surface area contributed by atoms with Gasteiger partial charge in [-0.2, -0.15) is 9.40 Å². The van der Waals surface area contributed by atoms with Crippen LogP contribution >= 0.6 is 0 Å². The van der Waals surface area contributed by atoms with Crippen molar-refractivity contribution in [2.45, 2.75) is 31.4 Å². The highest BCUT2D eigenvalue weighted by atomic mass is 32.2. The van der Waals surface area contributed by atoms with E-state index in [1.165, 1.54) is 23.4 Å². The van der Waals surface area contributed by atoms with Crippen molar-refractivity contribution in [3.8, 4) is 0 Å². The van der Waals surface area contributed by atoms with Crippen molar-refractivity contribution in [2.75, 3.05) is 19.7 Å². The molecule has 3 aromatic rings. The second-order valence-electron chi connectivity index (χ2n) is 7.31. The summed E-state index contributed by atoms with van der Waals surface area (Å²) in [5.41, 5.74) is 2.65. The fraction of sp³-hybridized carbons (Fsp3) is 0.350. The largest absolute Gasteiger partial charge is 0.369 e. The number of amides is 1. The Labute approximate surface area is 178 Å². The molecular formula is C20H22FN5O4S. The third-order valence-electron chi connectivity index (χ3n) is 5.04. The second-order valence-corrected chi connectivity index (χ2v) is 9.25. The molecule has 31 heavy (non-hydrogen) atoms. The number of sulfonamides is 1. The molecule has 1 N–H and O–H groups in total. The summed E-state index contributed by atoms with van der Waals surface area (Å²) in [6.45, 7) is 3.84. The van der Waals surface area contributed by atoms with Crippen molar-refractivity contribution in [3.63, 3.8) is 0 Å². The molecule has 9 nitrogen and oxygen atoms in total. The van der Waals surface area contributed by atoms with E-state index in [4.69, 9.17) is 4.74 Å². The monoisotopic (exact) mass is 447 g/mol. The number of rotatable bonds is 5. The van der Waals surface area contributed by atoms with Crippen molar-refractivity contribution >= 4 is 21.6 Å². The normalized spacial score (nSPS) is 17.7. The minimum absolute atomic E-state index is 0.0165. The molecule has 1 amide bonds. The third kappa shape index (κ3) is 4.29. The maximum absolute atomic E-state index is 13.3. The van der Waals surface area contributed by atoms with Crippen LogP contribution in [0.1, 0.15) is 30.0 Å². The van der Waals surface area contributed by atoms with Crippen molar-refractivity contribution in [3.05, 3.63) is 59.3 Å². The molecule has 2 aromatic heterocycles. The van der Waals surface area contributed by atoms with Crippen LogP contribution in [0.4, 0.5) is 4.39 Å².